The van der Waals surface area contributed by atoms with Gasteiger partial charge in [-0.25, -0.2) is 13.4 Å². The number of amides is 1. The van der Waals surface area contributed by atoms with Crippen molar-refractivity contribution in [1.29, 1.82) is 0 Å². The van der Waals surface area contributed by atoms with Crippen LogP contribution < -0.4 is 16.8 Å². The van der Waals surface area contributed by atoms with Crippen LogP contribution in [0.2, 0.25) is 0 Å². The van der Waals surface area contributed by atoms with E-state index < -0.39 is 15.7 Å². The normalized spacial score (nSPS) is 11.0. The second kappa shape index (κ2) is 6.34. The lowest BCUT2D eigenvalue weighted by Gasteiger charge is -2.12. The third-order valence-corrected chi connectivity index (χ3v) is 4.69. The van der Waals surface area contributed by atoms with Gasteiger partial charge in [0.2, 0.25) is 0 Å². The zero-order chi connectivity index (χ0) is 17.2. The monoisotopic (exact) mass is 353 g/mol. The van der Waals surface area contributed by atoms with Crippen molar-refractivity contribution in [3.63, 3.8) is 0 Å². The molecule has 10 heteroatoms. The standard InChI is InChI=1S/C13H15N5O3S2/c1-7-5-9(17-13-16-3-4-22-13)10(23(2,20)21)6-8(7)11(19)18-12(14)15/h3-6H,1-2H3,(H,16,17)(H4,14,15,18,19). The first-order valence-corrected chi connectivity index (χ1v) is 9.11. The van der Waals surface area contributed by atoms with E-state index in [0.717, 1.165) is 6.26 Å². The molecule has 0 fully saturated rings. The van der Waals surface area contributed by atoms with E-state index in [1.165, 1.54) is 17.4 Å². The van der Waals surface area contributed by atoms with Gasteiger partial charge in [-0.2, -0.15) is 4.99 Å². The predicted molar refractivity (Wildman–Crippen MR) is 89.8 cm³/mol. The summed E-state index contributed by atoms with van der Waals surface area (Å²) in [5.74, 6) is -1.09. The van der Waals surface area contributed by atoms with Gasteiger partial charge in [0.05, 0.1) is 10.6 Å². The van der Waals surface area contributed by atoms with Gasteiger partial charge in [0, 0.05) is 23.4 Å². The maximum absolute atomic E-state index is 12.0. The number of nitrogens with one attached hydrogen (secondary N) is 1. The summed E-state index contributed by atoms with van der Waals surface area (Å²) in [5, 5.41) is 5.23. The van der Waals surface area contributed by atoms with Crippen LogP contribution in [0.25, 0.3) is 0 Å². The molecule has 5 N–H and O–H groups in total. The maximum atomic E-state index is 12.0. The van der Waals surface area contributed by atoms with Crippen molar-refractivity contribution in [2.45, 2.75) is 11.8 Å². The Hall–Kier alpha value is -2.46. The van der Waals surface area contributed by atoms with Gasteiger partial charge in [0.1, 0.15) is 0 Å². The molecule has 2 aromatic rings. The fourth-order valence-electron chi connectivity index (χ4n) is 1.90. The summed E-state index contributed by atoms with van der Waals surface area (Å²) in [4.78, 5) is 19.5. The molecular weight excluding hydrogens is 338 g/mol. The number of aromatic nitrogens is 1. The summed E-state index contributed by atoms with van der Waals surface area (Å²) in [6.45, 7) is 1.66. The molecule has 0 saturated carbocycles. The van der Waals surface area contributed by atoms with Crippen molar-refractivity contribution in [2.24, 2.45) is 16.5 Å². The highest BCUT2D eigenvalue weighted by molar-refractivity contribution is 7.90. The third kappa shape index (κ3) is 4.05. The fourth-order valence-corrected chi connectivity index (χ4v) is 3.28. The number of guanidine groups is 1. The lowest BCUT2D eigenvalue weighted by atomic mass is 10.1. The second-order valence-electron chi connectivity index (χ2n) is 4.74. The smallest absolute Gasteiger partial charge is 0.280 e. The molecule has 122 valence electrons. The molecule has 0 aliphatic heterocycles. The number of carbonyl (C=O) groups excluding carboxylic acids is 1. The fraction of sp³-hybridized carbons (Fsp3) is 0.154. The number of carbonyl (C=O) groups is 1. The molecule has 23 heavy (non-hydrogen) atoms. The van der Waals surface area contributed by atoms with E-state index >= 15 is 0 Å². The van der Waals surface area contributed by atoms with Gasteiger partial charge >= 0.3 is 0 Å². The Bertz CT molecular complexity index is 869. The zero-order valence-corrected chi connectivity index (χ0v) is 14.0. The van der Waals surface area contributed by atoms with Crippen LogP contribution in [0.5, 0.6) is 0 Å². The number of anilines is 2. The van der Waals surface area contributed by atoms with Gasteiger partial charge < -0.3 is 16.8 Å². The lowest BCUT2D eigenvalue weighted by Crippen LogP contribution is -2.24. The topological polar surface area (TPSA) is 141 Å². The van der Waals surface area contributed by atoms with E-state index in [1.807, 2.05) is 0 Å². The zero-order valence-electron chi connectivity index (χ0n) is 12.4. The number of benzene rings is 1. The Labute approximate surface area is 137 Å². The molecule has 1 amide bonds. The molecule has 1 aromatic carbocycles. The molecule has 0 unspecified atom stereocenters. The van der Waals surface area contributed by atoms with E-state index in [9.17, 15) is 13.2 Å². The summed E-state index contributed by atoms with van der Waals surface area (Å²) >= 11 is 1.32. The van der Waals surface area contributed by atoms with Crippen LogP contribution >= 0.6 is 11.3 Å². The summed E-state index contributed by atoms with van der Waals surface area (Å²) in [6, 6.07) is 2.81. The number of sulfone groups is 1. The maximum Gasteiger partial charge on any atom is 0.280 e. The minimum absolute atomic E-state index is 0.0348. The minimum atomic E-state index is -3.59. The molecule has 2 rings (SSSR count). The average molecular weight is 353 g/mol. The van der Waals surface area contributed by atoms with E-state index in [1.54, 1.807) is 24.6 Å². The van der Waals surface area contributed by atoms with Gasteiger partial charge in [0.15, 0.2) is 20.9 Å². The molecule has 8 nitrogen and oxygen atoms in total. The number of nitrogens with zero attached hydrogens (tertiary/aromatic N) is 2. The summed E-state index contributed by atoms with van der Waals surface area (Å²) in [7, 11) is -3.59. The molecule has 0 bridgehead atoms. The number of hydrogen-bond acceptors (Lipinski definition) is 6. The highest BCUT2D eigenvalue weighted by Gasteiger charge is 2.20. The average Bonchev–Trinajstić information content (AvgIpc) is 2.89. The first-order chi connectivity index (χ1) is 10.7. The highest BCUT2D eigenvalue weighted by atomic mass is 32.2. The Morgan fingerprint density at radius 1 is 1.35 bits per heavy atom. The molecule has 1 heterocycles. The largest absolute Gasteiger partial charge is 0.370 e. The van der Waals surface area contributed by atoms with Crippen LogP contribution in [0.15, 0.2) is 33.6 Å². The Morgan fingerprint density at radius 2 is 2.04 bits per heavy atom. The second-order valence-corrected chi connectivity index (χ2v) is 7.62. The summed E-state index contributed by atoms with van der Waals surface area (Å²) in [6.07, 6.45) is 2.65. The van der Waals surface area contributed by atoms with Gasteiger partial charge in [-0.15, -0.1) is 11.3 Å². The molecule has 1 aromatic heterocycles. The molecule has 0 aliphatic rings. The molecular formula is C13H15N5O3S2. The van der Waals surface area contributed by atoms with Crippen molar-refractivity contribution in [3.05, 3.63) is 34.8 Å². The molecule has 0 spiro atoms. The van der Waals surface area contributed by atoms with E-state index in [4.69, 9.17) is 11.5 Å². The Morgan fingerprint density at radius 3 is 2.57 bits per heavy atom. The van der Waals surface area contributed by atoms with E-state index in [2.05, 4.69) is 15.3 Å². The van der Waals surface area contributed by atoms with Crippen LogP contribution in [0.4, 0.5) is 10.8 Å². The first-order valence-electron chi connectivity index (χ1n) is 6.33. The Balaban J connectivity index is 2.58. The number of rotatable bonds is 4. The molecule has 0 radical (unpaired) electrons. The minimum Gasteiger partial charge on any atom is -0.370 e. The highest BCUT2D eigenvalue weighted by Crippen LogP contribution is 2.29. The SMILES string of the molecule is Cc1cc(Nc2nccs2)c(S(C)(=O)=O)cc1C(=O)N=C(N)N. The van der Waals surface area contributed by atoms with Gasteiger partial charge in [-0.05, 0) is 24.6 Å². The van der Waals surface area contributed by atoms with Crippen LogP contribution in [-0.4, -0.2) is 31.5 Å². The van der Waals surface area contributed by atoms with Crippen molar-refractivity contribution in [1.82, 2.24) is 4.98 Å². The third-order valence-electron chi connectivity index (χ3n) is 2.86. The predicted octanol–water partition coefficient (Wildman–Crippen LogP) is 1.01. The first kappa shape index (κ1) is 16.9. The van der Waals surface area contributed by atoms with E-state index in [0.29, 0.717) is 16.4 Å². The van der Waals surface area contributed by atoms with Gasteiger partial charge in [-0.1, -0.05) is 0 Å². The summed E-state index contributed by atoms with van der Waals surface area (Å²) < 4.78 is 24.1. The van der Waals surface area contributed by atoms with Crippen LogP contribution in [0.1, 0.15) is 15.9 Å². The van der Waals surface area contributed by atoms with Gasteiger partial charge in [-0.3, -0.25) is 4.79 Å². The van der Waals surface area contributed by atoms with Crippen molar-refractivity contribution in [3.8, 4) is 0 Å². The number of aliphatic imine (C=N–C) groups is 1. The molecule has 0 aliphatic carbocycles. The lowest BCUT2D eigenvalue weighted by molar-refractivity contribution is 0.100. The number of aryl methyl sites for hydroxylation is 1. The van der Waals surface area contributed by atoms with Crippen LogP contribution in [0, 0.1) is 6.92 Å². The summed E-state index contributed by atoms with van der Waals surface area (Å²) in [5.41, 5.74) is 11.4. The number of hydrogen-bond donors (Lipinski definition) is 3. The number of thiazole rings is 1. The van der Waals surface area contributed by atoms with E-state index in [-0.39, 0.29) is 16.4 Å². The molecule has 0 atom stereocenters. The van der Waals surface area contributed by atoms with Crippen LogP contribution in [-0.2, 0) is 9.84 Å². The number of nitrogens with two attached hydrogens (primary N) is 2. The van der Waals surface area contributed by atoms with Crippen molar-refractivity contribution in [2.75, 3.05) is 11.6 Å². The quantitative estimate of drug-likeness (QED) is 0.550. The Kier molecular flexibility index (Phi) is 4.66. The van der Waals surface area contributed by atoms with Gasteiger partial charge in [0.25, 0.3) is 5.91 Å². The van der Waals surface area contributed by atoms with Crippen molar-refractivity contribution < 1.29 is 13.2 Å². The van der Waals surface area contributed by atoms with Crippen molar-refractivity contribution >= 4 is 43.9 Å². The molecule has 0 saturated heterocycles. The van der Waals surface area contributed by atoms with Crippen LogP contribution in [0.3, 0.4) is 0 Å².